The molecule has 0 aliphatic heterocycles. The quantitative estimate of drug-likeness (QED) is 0.639. The van der Waals surface area contributed by atoms with Crippen LogP contribution in [0.1, 0.15) is 44.9 Å². The molecule has 2 aromatic rings. The van der Waals surface area contributed by atoms with Crippen LogP contribution >= 0.6 is 0 Å². The Bertz CT molecular complexity index is 685. The molecule has 2 rings (SSSR count). The summed E-state index contributed by atoms with van der Waals surface area (Å²) in [5.74, 6) is -0.353. The average Bonchev–Trinajstić information content (AvgIpc) is 2.54. The second-order valence-corrected chi connectivity index (χ2v) is 6.73. The first-order valence-corrected chi connectivity index (χ1v) is 8.17. The Hall–Kier alpha value is -2.55. The van der Waals surface area contributed by atoms with Crippen molar-refractivity contribution in [3.63, 3.8) is 0 Å². The molecule has 0 radical (unpaired) electrons. The fourth-order valence-electron chi connectivity index (χ4n) is 2.33. The van der Waals surface area contributed by atoms with Crippen LogP contribution in [-0.4, -0.2) is 11.6 Å². The maximum Gasteiger partial charge on any atom is 0.333 e. The van der Waals surface area contributed by atoms with Gasteiger partial charge in [-0.25, -0.2) is 4.79 Å². The van der Waals surface area contributed by atoms with Gasteiger partial charge in [0, 0.05) is 17.8 Å². The molecular weight excluding hydrogens is 298 g/mol. The van der Waals surface area contributed by atoms with Crippen LogP contribution in [0.4, 0.5) is 0 Å². The molecule has 3 heteroatoms. The van der Waals surface area contributed by atoms with Crippen LogP contribution in [-0.2, 0) is 9.53 Å². The van der Waals surface area contributed by atoms with E-state index in [1.807, 2.05) is 69.3 Å². The van der Waals surface area contributed by atoms with E-state index in [1.165, 1.54) is 6.08 Å². The van der Waals surface area contributed by atoms with Gasteiger partial charge in [-0.2, -0.15) is 0 Å². The van der Waals surface area contributed by atoms with E-state index in [9.17, 15) is 4.79 Å². The van der Waals surface area contributed by atoms with E-state index < -0.39 is 5.60 Å². The molecule has 1 atom stereocenters. The van der Waals surface area contributed by atoms with Gasteiger partial charge in [0.25, 0.3) is 0 Å². The van der Waals surface area contributed by atoms with Crippen molar-refractivity contribution in [3.8, 4) is 0 Å². The Morgan fingerprint density at radius 3 is 2.08 bits per heavy atom. The monoisotopic (exact) mass is 323 g/mol. The third-order valence-corrected chi connectivity index (χ3v) is 3.43. The van der Waals surface area contributed by atoms with Gasteiger partial charge in [-0.05, 0) is 38.8 Å². The molecule has 0 amide bonds. The number of rotatable bonds is 5. The lowest BCUT2D eigenvalue weighted by atomic mass is 10.1. The fourth-order valence-corrected chi connectivity index (χ4v) is 2.33. The normalized spacial score (nSPS) is 13.2. The van der Waals surface area contributed by atoms with E-state index in [4.69, 9.17) is 4.74 Å². The van der Waals surface area contributed by atoms with Gasteiger partial charge in [-0.3, -0.25) is 0 Å². The zero-order valence-electron chi connectivity index (χ0n) is 14.7. The molecule has 0 bridgehead atoms. The Morgan fingerprint density at radius 2 is 1.54 bits per heavy atom. The van der Waals surface area contributed by atoms with Gasteiger partial charge in [-0.15, -0.1) is 0 Å². The number of nitrogens with one attached hydrogen (secondary N) is 1. The minimum atomic E-state index is -0.513. The molecule has 2 aromatic carbocycles. The number of ether oxygens (including phenoxy) is 1. The lowest BCUT2D eigenvalue weighted by Crippen LogP contribution is -2.24. The molecule has 3 nitrogen and oxygen atoms in total. The third-order valence-electron chi connectivity index (χ3n) is 3.43. The van der Waals surface area contributed by atoms with Crippen molar-refractivity contribution in [2.45, 2.75) is 39.3 Å². The van der Waals surface area contributed by atoms with Gasteiger partial charge in [0.2, 0.25) is 0 Å². The first kappa shape index (κ1) is 17.8. The van der Waals surface area contributed by atoms with Crippen molar-refractivity contribution < 1.29 is 9.53 Å². The van der Waals surface area contributed by atoms with Gasteiger partial charge >= 0.3 is 5.97 Å². The zero-order valence-corrected chi connectivity index (χ0v) is 14.7. The number of hydrogen-bond acceptors (Lipinski definition) is 3. The summed E-state index contributed by atoms with van der Waals surface area (Å²) in [6, 6.07) is 20.0. The number of benzene rings is 2. The van der Waals surface area contributed by atoms with E-state index in [2.05, 4.69) is 24.4 Å². The maximum atomic E-state index is 12.2. The van der Waals surface area contributed by atoms with Crippen LogP contribution in [0, 0.1) is 0 Å². The molecule has 0 heterocycles. The Labute approximate surface area is 144 Å². The maximum absolute atomic E-state index is 12.2. The standard InChI is InChI=1S/C21H25NO2/c1-16(17-11-7-5-8-12-17)22-19(18-13-9-6-10-14-18)15-20(23)24-21(2,3)4/h5-16,22H,1-4H3/b19-15-/t16-/m1/s1. The lowest BCUT2D eigenvalue weighted by Gasteiger charge is -2.21. The van der Waals surface area contributed by atoms with Crippen LogP contribution < -0.4 is 5.32 Å². The summed E-state index contributed by atoms with van der Waals surface area (Å²) in [5.41, 5.74) is 2.34. The number of carbonyl (C=O) groups is 1. The highest BCUT2D eigenvalue weighted by Gasteiger charge is 2.16. The summed E-state index contributed by atoms with van der Waals surface area (Å²) in [6.45, 7) is 7.66. The SMILES string of the molecule is C[C@@H](N/C(=C\C(=O)OC(C)(C)C)c1ccccc1)c1ccccc1. The molecule has 126 valence electrons. The summed E-state index contributed by atoms with van der Waals surface area (Å²) in [6.07, 6.45) is 1.53. The summed E-state index contributed by atoms with van der Waals surface area (Å²) >= 11 is 0. The van der Waals surface area contributed by atoms with Crippen molar-refractivity contribution in [2.75, 3.05) is 0 Å². The lowest BCUT2D eigenvalue weighted by molar-refractivity contribution is -0.148. The van der Waals surface area contributed by atoms with Gasteiger partial charge in [0.05, 0.1) is 0 Å². The molecule has 0 aliphatic carbocycles. The zero-order chi connectivity index (χ0) is 17.6. The summed E-state index contributed by atoms with van der Waals surface area (Å²) in [7, 11) is 0. The average molecular weight is 323 g/mol. The Balaban J connectivity index is 2.25. The van der Waals surface area contributed by atoms with E-state index in [0.717, 1.165) is 16.8 Å². The molecular formula is C21H25NO2. The van der Waals surface area contributed by atoms with E-state index >= 15 is 0 Å². The Morgan fingerprint density at radius 1 is 1.00 bits per heavy atom. The van der Waals surface area contributed by atoms with Crippen molar-refractivity contribution in [1.29, 1.82) is 0 Å². The molecule has 0 unspecified atom stereocenters. The van der Waals surface area contributed by atoms with Crippen LogP contribution in [0.25, 0.3) is 5.70 Å². The van der Waals surface area contributed by atoms with Crippen molar-refractivity contribution in [2.24, 2.45) is 0 Å². The molecule has 0 spiro atoms. The highest BCUT2D eigenvalue weighted by atomic mass is 16.6. The van der Waals surface area contributed by atoms with E-state index in [-0.39, 0.29) is 12.0 Å². The van der Waals surface area contributed by atoms with Gasteiger partial charge in [0.1, 0.15) is 5.60 Å². The Kier molecular flexibility index (Phi) is 5.80. The molecule has 0 fully saturated rings. The predicted molar refractivity (Wildman–Crippen MR) is 98.3 cm³/mol. The van der Waals surface area contributed by atoms with Gasteiger partial charge in [0.15, 0.2) is 0 Å². The van der Waals surface area contributed by atoms with E-state index in [1.54, 1.807) is 0 Å². The molecule has 0 saturated heterocycles. The molecule has 0 saturated carbocycles. The first-order chi connectivity index (χ1) is 11.3. The van der Waals surface area contributed by atoms with Crippen LogP contribution in [0.2, 0.25) is 0 Å². The smallest absolute Gasteiger partial charge is 0.333 e. The number of esters is 1. The van der Waals surface area contributed by atoms with Crippen molar-refractivity contribution in [1.82, 2.24) is 5.32 Å². The van der Waals surface area contributed by atoms with Gasteiger partial charge < -0.3 is 10.1 Å². The third kappa shape index (κ3) is 5.58. The molecule has 0 aliphatic rings. The molecule has 1 N–H and O–H groups in total. The van der Waals surface area contributed by atoms with Crippen molar-refractivity contribution in [3.05, 3.63) is 77.9 Å². The van der Waals surface area contributed by atoms with Crippen LogP contribution in [0.5, 0.6) is 0 Å². The number of carbonyl (C=O) groups excluding carboxylic acids is 1. The molecule has 24 heavy (non-hydrogen) atoms. The topological polar surface area (TPSA) is 38.3 Å². The van der Waals surface area contributed by atoms with Crippen molar-refractivity contribution >= 4 is 11.7 Å². The van der Waals surface area contributed by atoms with E-state index in [0.29, 0.717) is 0 Å². The highest BCUT2D eigenvalue weighted by Crippen LogP contribution is 2.19. The summed E-state index contributed by atoms with van der Waals surface area (Å²) < 4.78 is 5.42. The van der Waals surface area contributed by atoms with Crippen LogP contribution in [0.3, 0.4) is 0 Å². The first-order valence-electron chi connectivity index (χ1n) is 8.17. The highest BCUT2D eigenvalue weighted by molar-refractivity contribution is 5.91. The van der Waals surface area contributed by atoms with Crippen LogP contribution in [0.15, 0.2) is 66.7 Å². The molecule has 0 aromatic heterocycles. The second kappa shape index (κ2) is 7.82. The largest absolute Gasteiger partial charge is 0.457 e. The predicted octanol–water partition coefficient (Wildman–Crippen LogP) is 4.72. The summed E-state index contributed by atoms with van der Waals surface area (Å²) in [4.78, 5) is 12.2. The minimum Gasteiger partial charge on any atom is -0.457 e. The number of hydrogen-bond donors (Lipinski definition) is 1. The second-order valence-electron chi connectivity index (χ2n) is 6.73. The summed E-state index contributed by atoms with van der Waals surface area (Å²) in [5, 5.41) is 3.43. The minimum absolute atomic E-state index is 0.0695. The fraction of sp³-hybridized carbons (Fsp3) is 0.286. The van der Waals surface area contributed by atoms with Gasteiger partial charge in [-0.1, -0.05) is 60.7 Å².